The molecule has 1 fully saturated rings. The number of rotatable bonds is 6. The molecule has 7 heteroatoms. The molecule has 0 aromatic rings. The molecular weight excluding hydrogens is 300 g/mol. The minimum Gasteiger partial charge on any atom is -0.467 e. The summed E-state index contributed by atoms with van der Waals surface area (Å²) >= 11 is 0. The monoisotopic (exact) mass is 326 g/mol. The van der Waals surface area contributed by atoms with Gasteiger partial charge in [-0.3, -0.25) is 14.4 Å². The normalized spacial score (nSPS) is 20.6. The first-order chi connectivity index (χ1) is 10.8. The number of methoxy groups -OCH3 is 1. The first-order valence-corrected chi connectivity index (χ1v) is 7.93. The Hall–Kier alpha value is -1.92. The summed E-state index contributed by atoms with van der Waals surface area (Å²) in [6, 6.07) is -1.61. The molecule has 3 atom stereocenters. The molecule has 1 rings (SSSR count). The van der Waals surface area contributed by atoms with Crippen molar-refractivity contribution in [3.05, 3.63) is 0 Å². The maximum absolute atomic E-state index is 12.5. The lowest BCUT2D eigenvalue weighted by Gasteiger charge is -2.30. The molecule has 7 nitrogen and oxygen atoms in total. The molecule has 1 aliphatic carbocycles. The third-order valence-electron chi connectivity index (χ3n) is 4.05. The molecule has 2 amide bonds. The van der Waals surface area contributed by atoms with Crippen molar-refractivity contribution >= 4 is 23.6 Å². The molecule has 1 saturated carbocycles. The molecule has 23 heavy (non-hydrogen) atoms. The maximum Gasteiger partial charge on any atom is 0.328 e. The summed E-state index contributed by atoms with van der Waals surface area (Å²) in [6.07, 6.45) is 2.15. The number of hydrogen-bond donors (Lipinski definition) is 2. The van der Waals surface area contributed by atoms with Gasteiger partial charge in [-0.2, -0.15) is 0 Å². The van der Waals surface area contributed by atoms with E-state index in [1.807, 2.05) is 0 Å². The number of Topliss-reactive ketones (excluding diaryl/α,β-unsaturated/α-hetero) is 1. The Kier molecular flexibility index (Phi) is 7.19. The molecule has 0 heterocycles. The van der Waals surface area contributed by atoms with Crippen LogP contribution >= 0.6 is 0 Å². The highest BCUT2D eigenvalue weighted by molar-refractivity contribution is 5.91. The van der Waals surface area contributed by atoms with Crippen LogP contribution in [0.2, 0.25) is 0 Å². The Balaban J connectivity index is 2.86. The highest BCUT2D eigenvalue weighted by atomic mass is 16.5. The standard InChI is InChI=1S/C16H26N2O5/c1-9(2)13(17-10(3)19)15(21)18-14(16(22)23-4)11-6-5-7-12(20)8-11/h9,11,13-14H,5-8H2,1-4H3,(H,17,19)(H,18,21)/t11-,13+,14-/m0/s1. The Labute approximate surface area is 136 Å². The van der Waals surface area contributed by atoms with E-state index in [-0.39, 0.29) is 29.9 Å². The largest absolute Gasteiger partial charge is 0.467 e. The molecule has 0 aromatic heterocycles. The zero-order chi connectivity index (χ0) is 17.6. The van der Waals surface area contributed by atoms with Gasteiger partial charge >= 0.3 is 5.97 Å². The fourth-order valence-corrected chi connectivity index (χ4v) is 2.84. The van der Waals surface area contributed by atoms with Gasteiger partial charge in [0.05, 0.1) is 7.11 Å². The van der Waals surface area contributed by atoms with E-state index in [1.165, 1.54) is 14.0 Å². The topological polar surface area (TPSA) is 102 Å². The van der Waals surface area contributed by atoms with E-state index >= 15 is 0 Å². The number of ketones is 1. The Bertz CT molecular complexity index is 475. The Morgan fingerprint density at radius 3 is 2.35 bits per heavy atom. The second-order valence-corrected chi connectivity index (χ2v) is 6.33. The predicted octanol–water partition coefficient (Wildman–Crippen LogP) is 0.564. The number of carbonyl (C=O) groups is 4. The quantitative estimate of drug-likeness (QED) is 0.695. The van der Waals surface area contributed by atoms with Crippen LogP contribution in [0.4, 0.5) is 0 Å². The number of amides is 2. The number of hydrogen-bond acceptors (Lipinski definition) is 5. The SMILES string of the molecule is COC(=O)[C@@H](NC(=O)[C@H](NC(C)=O)C(C)C)[C@H]1CCCC(=O)C1. The van der Waals surface area contributed by atoms with Gasteiger partial charge in [0.15, 0.2) is 0 Å². The third-order valence-corrected chi connectivity index (χ3v) is 4.05. The van der Waals surface area contributed by atoms with E-state index in [1.54, 1.807) is 13.8 Å². The number of ether oxygens (including phenoxy) is 1. The summed E-state index contributed by atoms with van der Waals surface area (Å²) in [4.78, 5) is 47.4. The fraction of sp³-hybridized carbons (Fsp3) is 0.750. The lowest BCUT2D eigenvalue weighted by atomic mass is 9.83. The van der Waals surface area contributed by atoms with Crippen molar-refractivity contribution in [2.75, 3.05) is 7.11 Å². The molecule has 0 radical (unpaired) electrons. The zero-order valence-corrected chi connectivity index (χ0v) is 14.2. The molecule has 0 bridgehead atoms. The van der Waals surface area contributed by atoms with Gasteiger partial charge in [0, 0.05) is 19.8 Å². The fourth-order valence-electron chi connectivity index (χ4n) is 2.84. The van der Waals surface area contributed by atoms with Crippen LogP contribution in [-0.4, -0.2) is 42.8 Å². The summed E-state index contributed by atoms with van der Waals surface area (Å²) in [5.74, 6) is -1.64. The van der Waals surface area contributed by atoms with Crippen molar-refractivity contribution in [3.8, 4) is 0 Å². The average Bonchev–Trinajstić information content (AvgIpc) is 2.48. The van der Waals surface area contributed by atoms with Gasteiger partial charge in [-0.25, -0.2) is 4.79 Å². The minimum atomic E-state index is -0.869. The van der Waals surface area contributed by atoms with Crippen LogP contribution < -0.4 is 10.6 Å². The summed E-state index contributed by atoms with van der Waals surface area (Å²) < 4.78 is 4.77. The van der Waals surface area contributed by atoms with E-state index in [9.17, 15) is 19.2 Å². The van der Waals surface area contributed by atoms with Gasteiger partial charge in [0.25, 0.3) is 0 Å². The lowest BCUT2D eigenvalue weighted by Crippen LogP contribution is -2.55. The molecule has 1 aliphatic rings. The molecule has 2 N–H and O–H groups in total. The van der Waals surface area contributed by atoms with Gasteiger partial charge in [-0.15, -0.1) is 0 Å². The first-order valence-electron chi connectivity index (χ1n) is 7.93. The van der Waals surface area contributed by atoms with Gasteiger partial charge < -0.3 is 15.4 Å². The van der Waals surface area contributed by atoms with E-state index in [2.05, 4.69) is 10.6 Å². The summed E-state index contributed by atoms with van der Waals surface area (Å²) in [5, 5.41) is 5.25. The van der Waals surface area contributed by atoms with Crippen LogP contribution in [0, 0.1) is 11.8 Å². The van der Waals surface area contributed by atoms with Gasteiger partial charge in [0.2, 0.25) is 11.8 Å². The van der Waals surface area contributed by atoms with Gasteiger partial charge in [-0.05, 0) is 24.7 Å². The predicted molar refractivity (Wildman–Crippen MR) is 83.4 cm³/mol. The van der Waals surface area contributed by atoms with Crippen molar-refractivity contribution in [3.63, 3.8) is 0 Å². The lowest BCUT2D eigenvalue weighted by molar-refractivity contribution is -0.148. The van der Waals surface area contributed by atoms with Gasteiger partial charge in [-0.1, -0.05) is 13.8 Å². The second kappa shape index (κ2) is 8.64. The Morgan fingerprint density at radius 2 is 1.87 bits per heavy atom. The van der Waals surface area contributed by atoms with Crippen LogP contribution in [0.25, 0.3) is 0 Å². The van der Waals surface area contributed by atoms with E-state index in [0.29, 0.717) is 19.3 Å². The minimum absolute atomic E-state index is 0.0895. The van der Waals surface area contributed by atoms with Crippen molar-refractivity contribution in [1.82, 2.24) is 10.6 Å². The van der Waals surface area contributed by atoms with E-state index < -0.39 is 24.0 Å². The molecule has 0 aliphatic heterocycles. The number of carbonyl (C=O) groups excluding carboxylic acids is 4. The van der Waals surface area contributed by atoms with Crippen LogP contribution in [0.1, 0.15) is 46.5 Å². The highest BCUT2D eigenvalue weighted by Crippen LogP contribution is 2.25. The van der Waals surface area contributed by atoms with Crippen LogP contribution in [0.3, 0.4) is 0 Å². The van der Waals surface area contributed by atoms with Crippen molar-refractivity contribution in [2.24, 2.45) is 11.8 Å². The van der Waals surface area contributed by atoms with Crippen LogP contribution in [0.5, 0.6) is 0 Å². The molecule has 0 aromatic carbocycles. The van der Waals surface area contributed by atoms with Crippen molar-refractivity contribution < 1.29 is 23.9 Å². The number of nitrogens with one attached hydrogen (secondary N) is 2. The Morgan fingerprint density at radius 1 is 1.22 bits per heavy atom. The first kappa shape index (κ1) is 19.1. The zero-order valence-electron chi connectivity index (χ0n) is 14.2. The van der Waals surface area contributed by atoms with Crippen molar-refractivity contribution in [2.45, 2.75) is 58.5 Å². The molecule has 0 spiro atoms. The van der Waals surface area contributed by atoms with Crippen molar-refractivity contribution in [1.29, 1.82) is 0 Å². The summed E-state index contributed by atoms with van der Waals surface area (Å²) in [6.45, 7) is 4.94. The smallest absolute Gasteiger partial charge is 0.328 e. The summed E-state index contributed by atoms with van der Waals surface area (Å²) in [5.41, 5.74) is 0. The third kappa shape index (κ3) is 5.65. The highest BCUT2D eigenvalue weighted by Gasteiger charge is 2.36. The van der Waals surface area contributed by atoms with E-state index in [0.717, 1.165) is 0 Å². The molecule has 0 unspecified atom stereocenters. The van der Waals surface area contributed by atoms with Crippen LogP contribution in [0.15, 0.2) is 0 Å². The summed E-state index contributed by atoms with van der Waals surface area (Å²) in [7, 11) is 1.25. The second-order valence-electron chi connectivity index (χ2n) is 6.33. The molecular formula is C16H26N2O5. The van der Waals surface area contributed by atoms with Gasteiger partial charge in [0.1, 0.15) is 17.9 Å². The number of esters is 1. The molecule has 130 valence electrons. The molecule has 0 saturated heterocycles. The maximum atomic E-state index is 12.5. The average molecular weight is 326 g/mol. The van der Waals surface area contributed by atoms with Crippen LogP contribution in [-0.2, 0) is 23.9 Å². The van der Waals surface area contributed by atoms with E-state index in [4.69, 9.17) is 4.74 Å².